The first-order valence-electron chi connectivity index (χ1n) is 11.9. The molecule has 186 valence electrons. The highest BCUT2D eigenvalue weighted by molar-refractivity contribution is 7.16. The summed E-state index contributed by atoms with van der Waals surface area (Å²) < 4.78 is 12.8. The Balaban J connectivity index is 1.36. The molecule has 0 saturated carbocycles. The van der Waals surface area contributed by atoms with Crippen LogP contribution in [-0.2, 0) is 6.54 Å². The number of hydrogen-bond donors (Lipinski definition) is 0. The van der Waals surface area contributed by atoms with Crippen molar-refractivity contribution in [3.63, 3.8) is 0 Å². The van der Waals surface area contributed by atoms with Crippen LogP contribution in [0.1, 0.15) is 33.3 Å². The molecule has 4 aromatic rings. The molecule has 5 rings (SSSR count). The normalized spacial score (nSPS) is 15.8. The van der Waals surface area contributed by atoms with Crippen molar-refractivity contribution in [3.05, 3.63) is 82.9 Å². The molecule has 1 fully saturated rings. The Morgan fingerprint density at radius 3 is 2.47 bits per heavy atom. The first-order chi connectivity index (χ1) is 17.5. The average molecular weight is 504 g/mol. The molecule has 2 aromatic heterocycles. The van der Waals surface area contributed by atoms with E-state index < -0.39 is 0 Å². The van der Waals surface area contributed by atoms with Gasteiger partial charge in [-0.05, 0) is 54.8 Å². The molecule has 2 amide bonds. The van der Waals surface area contributed by atoms with Crippen LogP contribution in [0, 0.1) is 0 Å². The number of nitrogens with zero attached hydrogens (tertiary/aromatic N) is 3. The van der Waals surface area contributed by atoms with E-state index in [1.807, 2.05) is 58.5 Å². The number of carbonyl (C=O) groups is 2. The van der Waals surface area contributed by atoms with E-state index in [1.165, 1.54) is 0 Å². The SMILES string of the molecule is COc1ccc(C(=O)N2CCN(C(=O)c3cc4ccsc4n3Cc3ccccc3OC)CC2C)cc1. The zero-order valence-corrected chi connectivity index (χ0v) is 21.5. The molecule has 0 spiro atoms. The Bertz CT molecular complexity index is 1390. The van der Waals surface area contributed by atoms with Gasteiger partial charge in [0.15, 0.2) is 0 Å². The fourth-order valence-electron chi connectivity index (χ4n) is 4.82. The number of rotatable bonds is 6. The number of ether oxygens (including phenoxy) is 2. The summed E-state index contributed by atoms with van der Waals surface area (Å²) in [6.45, 7) is 3.99. The molecule has 36 heavy (non-hydrogen) atoms. The topological polar surface area (TPSA) is 64.0 Å². The minimum absolute atomic E-state index is 0.0169. The van der Waals surface area contributed by atoms with Crippen LogP contribution in [0.3, 0.4) is 0 Å². The first-order valence-corrected chi connectivity index (χ1v) is 12.8. The molecular formula is C28H29N3O4S. The molecule has 1 saturated heterocycles. The number of amides is 2. The van der Waals surface area contributed by atoms with E-state index in [0.717, 1.165) is 21.5 Å². The van der Waals surface area contributed by atoms with Gasteiger partial charge in [-0.3, -0.25) is 9.59 Å². The van der Waals surface area contributed by atoms with Gasteiger partial charge in [0.1, 0.15) is 22.0 Å². The van der Waals surface area contributed by atoms with Crippen LogP contribution in [0.4, 0.5) is 0 Å². The number of methoxy groups -OCH3 is 2. The van der Waals surface area contributed by atoms with Gasteiger partial charge in [-0.2, -0.15) is 0 Å². The van der Waals surface area contributed by atoms with Crippen molar-refractivity contribution >= 4 is 33.4 Å². The fourth-order valence-corrected chi connectivity index (χ4v) is 5.72. The summed E-state index contributed by atoms with van der Waals surface area (Å²) >= 11 is 1.63. The standard InChI is InChI=1S/C28H29N3O4S/c1-19-17-29(13-14-30(19)26(32)20-8-10-23(34-2)11-9-20)27(33)24-16-21-12-15-36-28(21)31(24)18-22-6-4-5-7-25(22)35-3/h4-12,15-16,19H,13-14,17-18H2,1-3H3. The number of carbonyl (C=O) groups excluding carboxylic acids is 2. The van der Waals surface area contributed by atoms with Crippen LogP contribution in [0.2, 0.25) is 0 Å². The molecule has 0 radical (unpaired) electrons. The van der Waals surface area contributed by atoms with Crippen molar-refractivity contribution in [3.8, 4) is 11.5 Å². The monoisotopic (exact) mass is 503 g/mol. The third-order valence-electron chi connectivity index (χ3n) is 6.76. The highest BCUT2D eigenvalue weighted by Crippen LogP contribution is 2.30. The van der Waals surface area contributed by atoms with E-state index in [-0.39, 0.29) is 17.9 Å². The Labute approximate surface area is 214 Å². The van der Waals surface area contributed by atoms with Crippen molar-refractivity contribution in [2.45, 2.75) is 19.5 Å². The Morgan fingerprint density at radius 1 is 0.972 bits per heavy atom. The Kier molecular flexibility index (Phi) is 6.69. The minimum atomic E-state index is -0.101. The molecule has 1 atom stereocenters. The Morgan fingerprint density at radius 2 is 1.75 bits per heavy atom. The van der Waals surface area contributed by atoms with Crippen LogP contribution >= 0.6 is 11.3 Å². The molecule has 1 unspecified atom stereocenters. The summed E-state index contributed by atoms with van der Waals surface area (Å²) in [6.07, 6.45) is 0. The van der Waals surface area contributed by atoms with Crippen molar-refractivity contribution in [2.75, 3.05) is 33.9 Å². The zero-order chi connectivity index (χ0) is 25.2. The lowest BCUT2D eigenvalue weighted by molar-refractivity contribution is 0.0409. The zero-order valence-electron chi connectivity index (χ0n) is 20.6. The predicted octanol–water partition coefficient (Wildman–Crippen LogP) is 4.76. The van der Waals surface area contributed by atoms with E-state index in [1.54, 1.807) is 49.8 Å². The second-order valence-corrected chi connectivity index (χ2v) is 9.83. The molecule has 3 heterocycles. The number of benzene rings is 2. The van der Waals surface area contributed by atoms with Crippen molar-refractivity contribution < 1.29 is 19.1 Å². The highest BCUT2D eigenvalue weighted by atomic mass is 32.1. The first kappa shape index (κ1) is 23.9. The van der Waals surface area contributed by atoms with E-state index >= 15 is 0 Å². The largest absolute Gasteiger partial charge is 0.497 e. The van der Waals surface area contributed by atoms with Gasteiger partial charge in [-0.1, -0.05) is 18.2 Å². The second-order valence-electron chi connectivity index (χ2n) is 8.94. The lowest BCUT2D eigenvalue weighted by Crippen LogP contribution is -2.55. The summed E-state index contributed by atoms with van der Waals surface area (Å²) in [7, 11) is 3.26. The number of aromatic nitrogens is 1. The number of fused-ring (bicyclic) bond motifs is 1. The molecule has 0 bridgehead atoms. The van der Waals surface area contributed by atoms with E-state index in [0.29, 0.717) is 43.2 Å². The van der Waals surface area contributed by atoms with E-state index in [4.69, 9.17) is 9.47 Å². The maximum Gasteiger partial charge on any atom is 0.270 e. The maximum absolute atomic E-state index is 13.8. The molecular weight excluding hydrogens is 474 g/mol. The molecule has 0 N–H and O–H groups in total. The van der Waals surface area contributed by atoms with Crippen molar-refractivity contribution in [1.82, 2.24) is 14.4 Å². The predicted molar refractivity (Wildman–Crippen MR) is 141 cm³/mol. The molecule has 1 aliphatic rings. The summed E-state index contributed by atoms with van der Waals surface area (Å²) in [5.74, 6) is 1.47. The van der Waals surface area contributed by atoms with Gasteiger partial charge in [0, 0.05) is 42.2 Å². The van der Waals surface area contributed by atoms with Crippen molar-refractivity contribution in [2.24, 2.45) is 0 Å². The number of thiophene rings is 1. The van der Waals surface area contributed by atoms with Gasteiger partial charge in [0.05, 0.1) is 20.8 Å². The van der Waals surface area contributed by atoms with E-state index in [9.17, 15) is 9.59 Å². The summed E-state index contributed by atoms with van der Waals surface area (Å²) in [5, 5.41) is 3.10. The van der Waals surface area contributed by atoms with Crippen LogP contribution in [0.5, 0.6) is 11.5 Å². The van der Waals surface area contributed by atoms with Crippen LogP contribution in [0.15, 0.2) is 66.0 Å². The van der Waals surface area contributed by atoms with Crippen LogP contribution in [0.25, 0.3) is 10.2 Å². The third-order valence-corrected chi connectivity index (χ3v) is 7.71. The van der Waals surface area contributed by atoms with E-state index in [2.05, 4.69) is 4.57 Å². The van der Waals surface area contributed by atoms with Gasteiger partial charge >= 0.3 is 0 Å². The third kappa shape index (κ3) is 4.44. The second kappa shape index (κ2) is 10.1. The lowest BCUT2D eigenvalue weighted by Gasteiger charge is -2.40. The fraction of sp³-hybridized carbons (Fsp3) is 0.286. The highest BCUT2D eigenvalue weighted by Gasteiger charge is 2.32. The van der Waals surface area contributed by atoms with Crippen LogP contribution < -0.4 is 9.47 Å². The van der Waals surface area contributed by atoms with Gasteiger partial charge in [-0.25, -0.2) is 0 Å². The molecule has 1 aliphatic heterocycles. The molecule has 8 heteroatoms. The maximum atomic E-state index is 13.8. The van der Waals surface area contributed by atoms with Gasteiger partial charge in [0.25, 0.3) is 11.8 Å². The lowest BCUT2D eigenvalue weighted by atomic mass is 10.1. The van der Waals surface area contributed by atoms with Gasteiger partial charge in [0.2, 0.25) is 0 Å². The number of hydrogen-bond acceptors (Lipinski definition) is 5. The smallest absolute Gasteiger partial charge is 0.270 e. The van der Waals surface area contributed by atoms with Gasteiger partial charge < -0.3 is 23.8 Å². The number of para-hydroxylation sites is 1. The van der Waals surface area contributed by atoms with Crippen molar-refractivity contribution in [1.29, 1.82) is 0 Å². The molecule has 7 nitrogen and oxygen atoms in total. The summed E-state index contributed by atoms with van der Waals surface area (Å²) in [4.78, 5) is 31.6. The Hall–Kier alpha value is -3.78. The molecule has 0 aliphatic carbocycles. The van der Waals surface area contributed by atoms with Crippen LogP contribution in [-0.4, -0.2) is 66.1 Å². The number of piperazine rings is 1. The summed E-state index contributed by atoms with van der Waals surface area (Å²) in [5.41, 5.74) is 2.29. The quantitative estimate of drug-likeness (QED) is 0.381. The summed E-state index contributed by atoms with van der Waals surface area (Å²) in [6, 6.07) is 19.0. The minimum Gasteiger partial charge on any atom is -0.497 e. The molecule has 2 aromatic carbocycles. The van der Waals surface area contributed by atoms with Gasteiger partial charge in [-0.15, -0.1) is 11.3 Å². The average Bonchev–Trinajstić information content (AvgIpc) is 3.51.